The van der Waals surface area contributed by atoms with Crippen LogP contribution >= 0.6 is 0 Å². The van der Waals surface area contributed by atoms with E-state index in [-0.39, 0.29) is 17.5 Å². The van der Waals surface area contributed by atoms with E-state index in [1.807, 2.05) is 67.3 Å². The Balaban J connectivity index is 1.63. The lowest BCUT2D eigenvalue weighted by molar-refractivity contribution is -0.131. The quantitative estimate of drug-likeness (QED) is 0.243. The van der Waals surface area contributed by atoms with Gasteiger partial charge in [-0.25, -0.2) is 12.7 Å². The number of aliphatic imine (C=N–C) groups is 1. The third kappa shape index (κ3) is 5.56. The van der Waals surface area contributed by atoms with Crippen LogP contribution in [0.3, 0.4) is 0 Å². The third-order valence-electron chi connectivity index (χ3n) is 8.25. The summed E-state index contributed by atoms with van der Waals surface area (Å²) in [7, 11) is -3.82. The van der Waals surface area contributed by atoms with Crippen molar-refractivity contribution in [2.45, 2.75) is 91.1 Å². The molecule has 0 N–H and O–H groups in total. The summed E-state index contributed by atoms with van der Waals surface area (Å²) in [4.78, 5) is 20.7. The lowest BCUT2D eigenvalue weighted by Crippen LogP contribution is -2.40. The molecule has 1 aliphatic heterocycles. The first-order valence-corrected chi connectivity index (χ1v) is 16.4. The number of nitrogens with zero attached hydrogens (tertiary/aromatic N) is 4. The number of rotatable bonds is 11. The van der Waals surface area contributed by atoms with Gasteiger partial charge in [0, 0.05) is 17.5 Å². The molecule has 1 fully saturated rings. The van der Waals surface area contributed by atoms with E-state index in [2.05, 4.69) is 12.1 Å². The summed E-state index contributed by atoms with van der Waals surface area (Å²) in [6.07, 6.45) is 6.81. The number of amides is 1. The van der Waals surface area contributed by atoms with Gasteiger partial charge in [0.25, 0.3) is 5.91 Å². The number of amidine groups is 1. The number of benzene rings is 2. The minimum atomic E-state index is -3.82. The van der Waals surface area contributed by atoms with E-state index in [0.717, 1.165) is 67.5 Å². The predicted molar refractivity (Wildman–Crippen MR) is 163 cm³/mol. The number of carbonyl (C=O) groups is 1. The molecule has 9 heteroatoms. The maximum Gasteiger partial charge on any atom is 0.256 e. The largest absolute Gasteiger partial charge is 0.337 e. The van der Waals surface area contributed by atoms with Gasteiger partial charge in [-0.3, -0.25) is 14.7 Å². The monoisotopic (exact) mass is 576 g/mol. The summed E-state index contributed by atoms with van der Waals surface area (Å²) in [5, 5.41) is 4.08. The molecule has 0 unspecified atom stereocenters. The first kappa shape index (κ1) is 29.0. The van der Waals surface area contributed by atoms with Gasteiger partial charge in [-0.2, -0.15) is 0 Å². The van der Waals surface area contributed by atoms with Gasteiger partial charge in [0.1, 0.15) is 11.4 Å². The minimum absolute atomic E-state index is 0.0500. The molecule has 1 spiro atoms. The van der Waals surface area contributed by atoms with Crippen LogP contribution in [0.15, 0.2) is 58.0 Å². The molecule has 0 bridgehead atoms. The van der Waals surface area contributed by atoms with Gasteiger partial charge < -0.3 is 4.52 Å². The van der Waals surface area contributed by atoms with Crippen molar-refractivity contribution in [1.82, 2.24) is 10.1 Å². The molecule has 1 aromatic heterocycles. The number of carbonyl (C=O) groups excluding carboxylic acids is 1. The molecule has 1 aliphatic carbocycles. The van der Waals surface area contributed by atoms with E-state index in [1.54, 1.807) is 6.92 Å². The first-order chi connectivity index (χ1) is 19.7. The van der Waals surface area contributed by atoms with Crippen molar-refractivity contribution in [3.63, 3.8) is 0 Å². The normalized spacial score (nSPS) is 16.5. The van der Waals surface area contributed by atoms with Gasteiger partial charge in [0.15, 0.2) is 0 Å². The van der Waals surface area contributed by atoms with Crippen molar-refractivity contribution in [2.75, 3.05) is 10.1 Å². The molecule has 2 aromatic carbocycles. The Labute approximate surface area is 243 Å². The van der Waals surface area contributed by atoms with Gasteiger partial charge in [0.2, 0.25) is 15.9 Å². The van der Waals surface area contributed by atoms with Gasteiger partial charge in [-0.15, -0.1) is 0 Å². The predicted octanol–water partition coefficient (Wildman–Crippen LogP) is 7.08. The molecule has 1 saturated carbocycles. The van der Waals surface area contributed by atoms with Gasteiger partial charge in [-0.05, 0) is 56.7 Å². The Morgan fingerprint density at radius 3 is 2.39 bits per heavy atom. The minimum Gasteiger partial charge on any atom is -0.337 e. The maximum atomic E-state index is 13.9. The Hall–Kier alpha value is -3.46. The lowest BCUT2D eigenvalue weighted by Gasteiger charge is -2.27. The van der Waals surface area contributed by atoms with Crippen LogP contribution in [0.4, 0.5) is 11.6 Å². The molecular formula is C32H40N4O4S. The number of aromatic nitrogens is 1. The summed E-state index contributed by atoms with van der Waals surface area (Å²) in [6.45, 7) is 7.94. The molecule has 8 nitrogen and oxygen atoms in total. The summed E-state index contributed by atoms with van der Waals surface area (Å²) in [5.74, 6) is 1.07. The fourth-order valence-electron chi connectivity index (χ4n) is 5.91. The average molecular weight is 577 g/mol. The number of hydrogen-bond donors (Lipinski definition) is 0. The Morgan fingerprint density at radius 1 is 1.02 bits per heavy atom. The molecule has 2 aliphatic rings. The van der Waals surface area contributed by atoms with Crippen LogP contribution in [0, 0.1) is 13.8 Å². The van der Waals surface area contributed by atoms with Crippen LogP contribution in [0.25, 0.3) is 11.1 Å². The van der Waals surface area contributed by atoms with Crippen molar-refractivity contribution < 1.29 is 17.7 Å². The third-order valence-corrected chi connectivity index (χ3v) is 10.1. The fourth-order valence-corrected chi connectivity index (χ4v) is 7.49. The maximum absolute atomic E-state index is 13.9. The first-order valence-electron chi connectivity index (χ1n) is 14.8. The summed E-state index contributed by atoms with van der Waals surface area (Å²) in [5.41, 5.74) is 3.63. The highest BCUT2D eigenvalue weighted by Gasteiger charge is 2.49. The highest BCUT2D eigenvalue weighted by Crippen LogP contribution is 2.42. The van der Waals surface area contributed by atoms with E-state index in [4.69, 9.17) is 9.52 Å². The van der Waals surface area contributed by atoms with Crippen molar-refractivity contribution in [2.24, 2.45) is 4.99 Å². The van der Waals surface area contributed by atoms with E-state index in [9.17, 15) is 13.2 Å². The highest BCUT2D eigenvalue weighted by atomic mass is 32.2. The van der Waals surface area contributed by atoms with Crippen LogP contribution in [-0.4, -0.2) is 41.5 Å². The zero-order chi connectivity index (χ0) is 29.2. The SMILES string of the molecule is CCCCC1=NC2(CCCC2)C(=O)N1Cc1ccc(-c2ccccc2)c(N(c2onc(C)c2C)S(=O)(=O)CCC)c1. The Kier molecular flexibility index (Phi) is 8.36. The van der Waals surface area contributed by atoms with Crippen LogP contribution in [-0.2, 0) is 21.4 Å². The van der Waals surface area contributed by atoms with Crippen LogP contribution in [0.1, 0.15) is 82.0 Å². The second kappa shape index (κ2) is 11.8. The van der Waals surface area contributed by atoms with Gasteiger partial charge in [-0.1, -0.05) is 80.7 Å². The molecule has 0 saturated heterocycles. The zero-order valence-corrected chi connectivity index (χ0v) is 25.3. The summed E-state index contributed by atoms with van der Waals surface area (Å²) >= 11 is 0. The standard InChI is InChI=1S/C32H40N4O4S/c1-5-7-15-29-33-32(18-11-12-19-32)31(37)35(29)22-25-16-17-27(26-13-9-8-10-14-26)28(21-25)36(41(38,39)20-6-2)30-23(3)24(4)34-40-30/h8-10,13-14,16-17,21H,5-7,11-12,15,18-20,22H2,1-4H3. The average Bonchev–Trinajstić information content (AvgIpc) is 3.64. The molecule has 0 atom stereocenters. The molecule has 41 heavy (non-hydrogen) atoms. The zero-order valence-electron chi connectivity index (χ0n) is 24.5. The number of aryl methyl sites for hydroxylation is 1. The number of hydrogen-bond acceptors (Lipinski definition) is 6. The van der Waals surface area contributed by atoms with Crippen molar-refractivity contribution in [3.8, 4) is 11.1 Å². The highest BCUT2D eigenvalue weighted by molar-refractivity contribution is 7.93. The molecule has 218 valence electrons. The summed E-state index contributed by atoms with van der Waals surface area (Å²) < 4.78 is 34.7. The number of unbranched alkanes of at least 4 members (excludes halogenated alkanes) is 1. The molecule has 1 amide bonds. The van der Waals surface area contributed by atoms with Crippen LogP contribution in [0.2, 0.25) is 0 Å². The Morgan fingerprint density at radius 2 is 1.76 bits per heavy atom. The van der Waals surface area contributed by atoms with Crippen LogP contribution in [0.5, 0.6) is 0 Å². The molecule has 0 radical (unpaired) electrons. The van der Waals surface area contributed by atoms with E-state index >= 15 is 0 Å². The Bertz CT molecular complexity index is 1540. The second-order valence-corrected chi connectivity index (χ2v) is 13.2. The molecule has 3 aromatic rings. The topological polar surface area (TPSA) is 96.1 Å². The number of sulfonamides is 1. The van der Waals surface area contributed by atoms with Crippen molar-refractivity contribution in [1.29, 1.82) is 0 Å². The van der Waals surface area contributed by atoms with E-state index < -0.39 is 15.6 Å². The lowest BCUT2D eigenvalue weighted by atomic mass is 9.97. The molecular weight excluding hydrogens is 536 g/mol. The van der Waals surface area contributed by atoms with Gasteiger partial charge >= 0.3 is 0 Å². The smallest absolute Gasteiger partial charge is 0.256 e. The van der Waals surface area contributed by atoms with E-state index in [0.29, 0.717) is 29.9 Å². The van der Waals surface area contributed by atoms with Crippen molar-refractivity contribution >= 4 is 33.3 Å². The van der Waals surface area contributed by atoms with E-state index in [1.165, 1.54) is 4.31 Å². The molecule has 5 rings (SSSR count). The summed E-state index contributed by atoms with van der Waals surface area (Å²) in [6, 6.07) is 15.5. The molecule has 2 heterocycles. The second-order valence-electron chi connectivity index (χ2n) is 11.3. The van der Waals surface area contributed by atoms with Crippen molar-refractivity contribution in [3.05, 3.63) is 65.4 Å². The van der Waals surface area contributed by atoms with Crippen LogP contribution < -0.4 is 4.31 Å². The van der Waals surface area contributed by atoms with Gasteiger partial charge in [0.05, 0.1) is 23.7 Å². The fraction of sp³-hybridized carbons (Fsp3) is 0.469. The number of anilines is 2.